The van der Waals surface area contributed by atoms with Crippen molar-refractivity contribution in [3.63, 3.8) is 0 Å². The predicted molar refractivity (Wildman–Crippen MR) is 107 cm³/mol. The van der Waals surface area contributed by atoms with E-state index in [1.807, 2.05) is 6.92 Å². The second-order valence-corrected chi connectivity index (χ2v) is 9.03. The second-order valence-electron chi connectivity index (χ2n) is 6.18. The molecule has 8 heteroatoms. The summed E-state index contributed by atoms with van der Waals surface area (Å²) in [6.45, 7) is 1.88. The number of aryl methyl sites for hydroxylation is 2. The number of halogens is 1. The fraction of sp³-hybridized carbons (Fsp3) is 0.333. The number of nitrogens with one attached hydrogen (secondary N) is 1. The molecule has 134 valence electrons. The van der Waals surface area contributed by atoms with Gasteiger partial charge in [-0.2, -0.15) is 0 Å². The molecule has 1 amide bonds. The van der Waals surface area contributed by atoms with Gasteiger partial charge in [0.1, 0.15) is 22.0 Å². The topological polar surface area (TPSA) is 67.8 Å². The van der Waals surface area contributed by atoms with Crippen LogP contribution in [-0.4, -0.2) is 26.1 Å². The first-order valence-corrected chi connectivity index (χ1v) is 10.5. The van der Waals surface area contributed by atoms with E-state index in [9.17, 15) is 4.79 Å². The molecule has 0 bridgehead atoms. The summed E-state index contributed by atoms with van der Waals surface area (Å²) in [5.41, 5.74) is 1.38. The quantitative estimate of drug-likeness (QED) is 0.502. The maximum atomic E-state index is 12.5. The average molecular weight is 405 g/mol. The Bertz CT molecular complexity index is 958. The molecule has 5 nitrogen and oxygen atoms in total. The lowest BCUT2D eigenvalue weighted by molar-refractivity contribution is -0.115. The number of pyridine rings is 1. The Morgan fingerprint density at radius 2 is 2.12 bits per heavy atom. The lowest BCUT2D eigenvalue weighted by atomic mass is 9.97. The maximum Gasteiger partial charge on any atom is 0.238 e. The van der Waals surface area contributed by atoms with Crippen molar-refractivity contribution >= 4 is 56.6 Å². The monoisotopic (exact) mass is 404 g/mol. The third kappa shape index (κ3) is 3.56. The van der Waals surface area contributed by atoms with Gasteiger partial charge in [0.05, 0.1) is 10.3 Å². The van der Waals surface area contributed by atoms with Crippen LogP contribution in [0.25, 0.3) is 10.2 Å². The summed E-state index contributed by atoms with van der Waals surface area (Å²) in [7, 11) is 0. The second kappa shape index (κ2) is 7.50. The first kappa shape index (κ1) is 17.7. The minimum Gasteiger partial charge on any atom is -0.310 e. The molecule has 26 heavy (non-hydrogen) atoms. The normalized spacial score (nSPS) is 14.8. The van der Waals surface area contributed by atoms with E-state index in [4.69, 9.17) is 11.6 Å². The van der Waals surface area contributed by atoms with E-state index < -0.39 is 0 Å². The van der Waals surface area contributed by atoms with E-state index in [1.54, 1.807) is 29.8 Å². The van der Waals surface area contributed by atoms with Crippen LogP contribution in [0.2, 0.25) is 5.02 Å². The van der Waals surface area contributed by atoms with Crippen molar-refractivity contribution in [3.05, 3.63) is 40.1 Å². The summed E-state index contributed by atoms with van der Waals surface area (Å²) in [5.74, 6) is 0.383. The lowest BCUT2D eigenvalue weighted by Crippen LogP contribution is -2.23. The molecular formula is C18H17ClN4OS2. The van der Waals surface area contributed by atoms with Crippen molar-refractivity contribution in [1.82, 2.24) is 15.0 Å². The molecule has 3 aromatic heterocycles. The molecule has 3 aromatic rings. The SMILES string of the molecule is CC(Sc1ncnc2sc3c(c12)CCCC3)C(=O)Nc1ccc(Cl)cn1. The molecule has 1 aliphatic carbocycles. The Kier molecular flexibility index (Phi) is 5.11. The first-order valence-electron chi connectivity index (χ1n) is 8.46. The van der Waals surface area contributed by atoms with Crippen LogP contribution in [0.5, 0.6) is 0 Å². The Balaban J connectivity index is 1.55. The van der Waals surface area contributed by atoms with E-state index in [0.717, 1.165) is 28.1 Å². The standard InChI is InChI=1S/C18H17ClN4OS2/c1-10(16(24)23-14-7-6-11(19)8-20-14)25-17-15-12-4-2-3-5-13(12)26-18(15)22-9-21-17/h6-10H,2-5H2,1H3,(H,20,23,24). The molecule has 1 unspecified atom stereocenters. The minimum absolute atomic E-state index is 0.110. The van der Waals surface area contributed by atoms with Gasteiger partial charge in [0, 0.05) is 16.5 Å². The molecule has 1 atom stereocenters. The van der Waals surface area contributed by atoms with Crippen LogP contribution in [0.4, 0.5) is 5.82 Å². The van der Waals surface area contributed by atoms with Gasteiger partial charge in [-0.15, -0.1) is 11.3 Å². The molecule has 0 fully saturated rings. The minimum atomic E-state index is -0.301. The van der Waals surface area contributed by atoms with Crippen molar-refractivity contribution in [3.8, 4) is 0 Å². The summed E-state index contributed by atoms with van der Waals surface area (Å²) >= 11 is 9.06. The van der Waals surface area contributed by atoms with Crippen molar-refractivity contribution in [2.45, 2.75) is 42.9 Å². The molecule has 0 radical (unpaired) electrons. The molecular weight excluding hydrogens is 388 g/mol. The van der Waals surface area contributed by atoms with Gasteiger partial charge in [-0.05, 0) is 50.3 Å². The number of anilines is 1. The van der Waals surface area contributed by atoms with E-state index in [0.29, 0.717) is 10.8 Å². The third-order valence-corrected chi connectivity index (χ3v) is 6.88. The Hall–Kier alpha value is -1.70. The zero-order valence-electron chi connectivity index (χ0n) is 14.2. The summed E-state index contributed by atoms with van der Waals surface area (Å²) in [6.07, 6.45) is 7.75. The number of carbonyl (C=O) groups excluding carboxylic acids is 1. The smallest absolute Gasteiger partial charge is 0.238 e. The fourth-order valence-corrected chi connectivity index (χ4v) is 5.40. The van der Waals surface area contributed by atoms with Crippen LogP contribution in [0, 0.1) is 0 Å². The van der Waals surface area contributed by atoms with E-state index in [2.05, 4.69) is 20.3 Å². The van der Waals surface area contributed by atoms with Crippen LogP contribution in [0.15, 0.2) is 29.7 Å². The van der Waals surface area contributed by atoms with Crippen molar-refractivity contribution in [2.24, 2.45) is 0 Å². The number of carbonyl (C=O) groups is 1. The Morgan fingerprint density at radius 3 is 2.92 bits per heavy atom. The van der Waals surface area contributed by atoms with Gasteiger partial charge in [-0.25, -0.2) is 15.0 Å². The van der Waals surface area contributed by atoms with E-state index in [-0.39, 0.29) is 11.2 Å². The van der Waals surface area contributed by atoms with Crippen LogP contribution in [0.1, 0.15) is 30.2 Å². The van der Waals surface area contributed by atoms with Crippen LogP contribution < -0.4 is 5.32 Å². The third-order valence-electron chi connectivity index (χ3n) is 4.35. The van der Waals surface area contributed by atoms with Gasteiger partial charge in [-0.1, -0.05) is 23.4 Å². The molecule has 1 aliphatic rings. The molecule has 0 spiro atoms. The largest absolute Gasteiger partial charge is 0.310 e. The molecule has 0 aromatic carbocycles. The van der Waals surface area contributed by atoms with Crippen LogP contribution >= 0.6 is 34.7 Å². The van der Waals surface area contributed by atoms with Crippen LogP contribution in [-0.2, 0) is 17.6 Å². The first-order chi connectivity index (χ1) is 12.6. The van der Waals surface area contributed by atoms with Crippen molar-refractivity contribution in [1.29, 1.82) is 0 Å². The number of rotatable bonds is 4. The summed E-state index contributed by atoms with van der Waals surface area (Å²) in [6, 6.07) is 3.39. The maximum absolute atomic E-state index is 12.5. The highest BCUT2D eigenvalue weighted by molar-refractivity contribution is 8.00. The number of nitrogens with zero attached hydrogens (tertiary/aromatic N) is 3. The highest BCUT2D eigenvalue weighted by Gasteiger charge is 2.23. The molecule has 4 rings (SSSR count). The number of hydrogen-bond donors (Lipinski definition) is 1. The Labute approximate surface area is 164 Å². The summed E-state index contributed by atoms with van der Waals surface area (Å²) in [5, 5.41) is 5.09. The molecule has 0 saturated carbocycles. The van der Waals surface area contributed by atoms with Gasteiger partial charge in [-0.3, -0.25) is 4.79 Å². The summed E-state index contributed by atoms with van der Waals surface area (Å²) in [4.78, 5) is 28.0. The number of thioether (sulfide) groups is 1. The van der Waals surface area contributed by atoms with Crippen molar-refractivity contribution in [2.75, 3.05) is 5.32 Å². The lowest BCUT2D eigenvalue weighted by Gasteiger charge is -2.14. The van der Waals surface area contributed by atoms with Gasteiger partial charge < -0.3 is 5.32 Å². The number of thiophene rings is 1. The van der Waals surface area contributed by atoms with Crippen LogP contribution in [0.3, 0.4) is 0 Å². The molecule has 0 saturated heterocycles. The van der Waals surface area contributed by atoms with Crippen molar-refractivity contribution < 1.29 is 4.79 Å². The average Bonchev–Trinajstić information content (AvgIpc) is 3.03. The van der Waals surface area contributed by atoms with Gasteiger partial charge in [0.25, 0.3) is 0 Å². The van der Waals surface area contributed by atoms with Gasteiger partial charge in [0.2, 0.25) is 5.91 Å². The highest BCUT2D eigenvalue weighted by Crippen LogP contribution is 2.40. The molecule has 1 N–H and O–H groups in total. The highest BCUT2D eigenvalue weighted by atomic mass is 35.5. The molecule has 0 aliphatic heterocycles. The number of amides is 1. The number of fused-ring (bicyclic) bond motifs is 3. The zero-order valence-corrected chi connectivity index (χ0v) is 16.5. The van der Waals surface area contributed by atoms with E-state index >= 15 is 0 Å². The van der Waals surface area contributed by atoms with Gasteiger partial charge >= 0.3 is 0 Å². The summed E-state index contributed by atoms with van der Waals surface area (Å²) < 4.78 is 0. The number of aromatic nitrogens is 3. The predicted octanol–water partition coefficient (Wildman–Crippen LogP) is 4.74. The number of hydrogen-bond acceptors (Lipinski definition) is 6. The fourth-order valence-electron chi connectivity index (χ4n) is 3.05. The molecule has 3 heterocycles. The zero-order chi connectivity index (χ0) is 18.1. The van der Waals surface area contributed by atoms with E-state index in [1.165, 1.54) is 41.2 Å². The van der Waals surface area contributed by atoms with Gasteiger partial charge in [0.15, 0.2) is 0 Å². The Morgan fingerprint density at radius 1 is 1.27 bits per heavy atom.